The number of halogens is 2. The number of likely N-dealkylation sites (N-methyl/N-ethyl adjacent to an activating group) is 1. The Morgan fingerprint density at radius 1 is 1.24 bits per heavy atom. The van der Waals surface area contributed by atoms with Gasteiger partial charge in [-0.2, -0.15) is 0 Å². The fourth-order valence-electron chi connectivity index (χ4n) is 2.22. The number of alkyl halides is 2. The molecule has 1 aromatic rings. The quantitative estimate of drug-likeness (QED) is 0.798. The van der Waals surface area contributed by atoms with Gasteiger partial charge in [-0.15, -0.1) is 0 Å². The maximum absolute atomic E-state index is 12.8. The Balaban J connectivity index is 1.95. The molecule has 0 aromatic heterocycles. The summed E-state index contributed by atoms with van der Waals surface area (Å²) in [5, 5.41) is 0. The Morgan fingerprint density at radius 3 is 2.59 bits per heavy atom. The van der Waals surface area contributed by atoms with Crippen molar-refractivity contribution in [1.82, 2.24) is 9.80 Å². The summed E-state index contributed by atoms with van der Waals surface area (Å²) in [4.78, 5) is 3.86. The Kier molecular flexibility index (Phi) is 4.07. The molecule has 2 rings (SSSR count). The van der Waals surface area contributed by atoms with Crippen LogP contribution in [0.2, 0.25) is 0 Å². The SMILES string of the molecule is CN1CCN(Cc2ccccc2)CC1C(F)F. The van der Waals surface area contributed by atoms with Crippen LogP contribution in [0.3, 0.4) is 0 Å². The highest BCUT2D eigenvalue weighted by atomic mass is 19.3. The fourth-order valence-corrected chi connectivity index (χ4v) is 2.22. The summed E-state index contributed by atoms with van der Waals surface area (Å²) in [5.41, 5.74) is 1.19. The topological polar surface area (TPSA) is 6.48 Å². The molecule has 1 aliphatic rings. The van der Waals surface area contributed by atoms with E-state index >= 15 is 0 Å². The molecule has 2 nitrogen and oxygen atoms in total. The van der Waals surface area contributed by atoms with Crippen LogP contribution in [0, 0.1) is 0 Å². The second kappa shape index (κ2) is 5.56. The molecule has 4 heteroatoms. The zero-order valence-corrected chi connectivity index (χ0v) is 10.0. The minimum atomic E-state index is -2.27. The first kappa shape index (κ1) is 12.5. The number of benzene rings is 1. The second-order valence-electron chi connectivity index (χ2n) is 4.60. The zero-order chi connectivity index (χ0) is 12.3. The third-order valence-corrected chi connectivity index (χ3v) is 3.32. The van der Waals surface area contributed by atoms with E-state index in [1.807, 2.05) is 30.3 Å². The van der Waals surface area contributed by atoms with Crippen LogP contribution in [0.25, 0.3) is 0 Å². The van der Waals surface area contributed by atoms with Gasteiger partial charge in [0.15, 0.2) is 0 Å². The predicted molar refractivity (Wildman–Crippen MR) is 64.1 cm³/mol. The molecule has 1 saturated heterocycles. The van der Waals surface area contributed by atoms with Crippen LogP contribution in [0.4, 0.5) is 8.78 Å². The van der Waals surface area contributed by atoms with Gasteiger partial charge < -0.3 is 0 Å². The van der Waals surface area contributed by atoms with E-state index in [1.54, 1.807) is 11.9 Å². The van der Waals surface area contributed by atoms with Crippen molar-refractivity contribution in [2.45, 2.75) is 19.0 Å². The van der Waals surface area contributed by atoms with E-state index in [2.05, 4.69) is 4.90 Å². The van der Waals surface area contributed by atoms with Gasteiger partial charge in [-0.3, -0.25) is 9.80 Å². The van der Waals surface area contributed by atoms with Crippen LogP contribution in [-0.2, 0) is 6.54 Å². The molecule has 0 spiro atoms. The summed E-state index contributed by atoms with van der Waals surface area (Å²) in [6, 6.07) is 9.37. The average Bonchev–Trinajstić information content (AvgIpc) is 2.32. The smallest absolute Gasteiger partial charge is 0.255 e. The van der Waals surface area contributed by atoms with E-state index < -0.39 is 12.5 Å². The summed E-state index contributed by atoms with van der Waals surface area (Å²) < 4.78 is 25.6. The van der Waals surface area contributed by atoms with Gasteiger partial charge in [0.2, 0.25) is 0 Å². The summed E-state index contributed by atoms with van der Waals surface area (Å²) >= 11 is 0. The van der Waals surface area contributed by atoms with E-state index in [1.165, 1.54) is 5.56 Å². The lowest BCUT2D eigenvalue weighted by atomic mass is 10.1. The van der Waals surface area contributed by atoms with Gasteiger partial charge in [-0.05, 0) is 12.6 Å². The van der Waals surface area contributed by atoms with Crippen molar-refractivity contribution in [1.29, 1.82) is 0 Å². The lowest BCUT2D eigenvalue weighted by molar-refractivity contribution is -0.0136. The maximum atomic E-state index is 12.8. The molecule has 94 valence electrons. The maximum Gasteiger partial charge on any atom is 0.255 e. The molecule has 1 fully saturated rings. The highest BCUT2D eigenvalue weighted by molar-refractivity contribution is 5.14. The van der Waals surface area contributed by atoms with Crippen LogP contribution >= 0.6 is 0 Å². The van der Waals surface area contributed by atoms with Crippen LogP contribution in [-0.4, -0.2) is 48.9 Å². The standard InChI is InChI=1S/C13H18F2N2/c1-16-7-8-17(10-12(16)13(14)15)9-11-5-3-2-4-6-11/h2-6,12-13H,7-10H2,1H3. The number of rotatable bonds is 3. The molecule has 17 heavy (non-hydrogen) atoms. The van der Waals surface area contributed by atoms with Gasteiger partial charge in [0.25, 0.3) is 6.43 Å². The molecular formula is C13H18F2N2. The van der Waals surface area contributed by atoms with Crippen LogP contribution < -0.4 is 0 Å². The van der Waals surface area contributed by atoms with Gasteiger partial charge in [-0.25, -0.2) is 8.78 Å². The van der Waals surface area contributed by atoms with Crippen LogP contribution in [0.15, 0.2) is 30.3 Å². The van der Waals surface area contributed by atoms with Crippen LogP contribution in [0.1, 0.15) is 5.56 Å². The fraction of sp³-hybridized carbons (Fsp3) is 0.538. The van der Waals surface area contributed by atoms with Crippen molar-refractivity contribution in [2.75, 3.05) is 26.7 Å². The van der Waals surface area contributed by atoms with Gasteiger partial charge >= 0.3 is 0 Å². The molecule has 0 aliphatic carbocycles. The normalized spacial score (nSPS) is 23.2. The van der Waals surface area contributed by atoms with E-state index in [4.69, 9.17) is 0 Å². The third kappa shape index (κ3) is 3.23. The Hall–Kier alpha value is -1.00. The van der Waals surface area contributed by atoms with E-state index in [-0.39, 0.29) is 0 Å². The zero-order valence-electron chi connectivity index (χ0n) is 10.0. The Morgan fingerprint density at radius 2 is 1.94 bits per heavy atom. The summed E-state index contributed by atoms with van der Waals surface area (Å²) in [7, 11) is 1.77. The number of piperazine rings is 1. The molecule has 1 aromatic carbocycles. The minimum absolute atomic E-state index is 0.447. The highest BCUT2D eigenvalue weighted by Gasteiger charge is 2.30. The molecule has 1 aliphatic heterocycles. The first-order valence-corrected chi connectivity index (χ1v) is 5.91. The number of hydrogen-bond acceptors (Lipinski definition) is 2. The van der Waals surface area contributed by atoms with Crippen molar-refractivity contribution in [3.05, 3.63) is 35.9 Å². The minimum Gasteiger partial charge on any atom is -0.296 e. The van der Waals surface area contributed by atoms with Crippen molar-refractivity contribution >= 4 is 0 Å². The summed E-state index contributed by atoms with van der Waals surface area (Å²) in [5.74, 6) is 0. The molecule has 1 heterocycles. The van der Waals surface area contributed by atoms with Crippen LogP contribution in [0.5, 0.6) is 0 Å². The van der Waals surface area contributed by atoms with Crippen molar-refractivity contribution in [2.24, 2.45) is 0 Å². The molecule has 0 radical (unpaired) electrons. The largest absolute Gasteiger partial charge is 0.296 e. The van der Waals surface area contributed by atoms with Crippen molar-refractivity contribution < 1.29 is 8.78 Å². The molecule has 1 unspecified atom stereocenters. The molecule has 0 N–H and O–H groups in total. The first-order valence-electron chi connectivity index (χ1n) is 5.91. The molecule has 0 bridgehead atoms. The van der Waals surface area contributed by atoms with Gasteiger partial charge in [0.05, 0.1) is 6.04 Å². The predicted octanol–water partition coefficient (Wildman–Crippen LogP) is 2.07. The number of nitrogens with zero attached hydrogens (tertiary/aromatic N) is 2. The van der Waals surface area contributed by atoms with Gasteiger partial charge in [0, 0.05) is 26.2 Å². The lowest BCUT2D eigenvalue weighted by Crippen LogP contribution is -2.53. The second-order valence-corrected chi connectivity index (χ2v) is 4.60. The van der Waals surface area contributed by atoms with Gasteiger partial charge in [-0.1, -0.05) is 30.3 Å². The van der Waals surface area contributed by atoms with E-state index in [0.717, 1.165) is 13.1 Å². The van der Waals surface area contributed by atoms with Crippen molar-refractivity contribution in [3.63, 3.8) is 0 Å². The van der Waals surface area contributed by atoms with E-state index in [9.17, 15) is 8.78 Å². The van der Waals surface area contributed by atoms with Gasteiger partial charge in [0.1, 0.15) is 0 Å². The molecular weight excluding hydrogens is 222 g/mol. The Bertz CT molecular complexity index is 343. The van der Waals surface area contributed by atoms with Crippen molar-refractivity contribution in [3.8, 4) is 0 Å². The highest BCUT2D eigenvalue weighted by Crippen LogP contribution is 2.16. The Labute approximate surface area is 101 Å². The number of hydrogen-bond donors (Lipinski definition) is 0. The molecule has 1 atom stereocenters. The monoisotopic (exact) mass is 240 g/mol. The lowest BCUT2D eigenvalue weighted by Gasteiger charge is -2.38. The van der Waals surface area contributed by atoms with E-state index in [0.29, 0.717) is 13.1 Å². The third-order valence-electron chi connectivity index (χ3n) is 3.32. The first-order chi connectivity index (χ1) is 8.16. The average molecular weight is 240 g/mol. The molecule has 0 saturated carbocycles. The summed E-state index contributed by atoms with van der Waals surface area (Å²) in [6.45, 7) is 2.78. The summed E-state index contributed by atoms with van der Waals surface area (Å²) in [6.07, 6.45) is -2.27. The molecule has 0 amide bonds.